The maximum absolute atomic E-state index is 4.67. The molecule has 0 aromatic carbocycles. The molecule has 0 radical (unpaired) electrons. The second kappa shape index (κ2) is 5.13. The summed E-state index contributed by atoms with van der Waals surface area (Å²) in [6.07, 6.45) is 19.4. The molecule has 0 bridgehead atoms. The lowest BCUT2D eigenvalue weighted by molar-refractivity contribution is 1.02. The van der Waals surface area contributed by atoms with Gasteiger partial charge in [-0.05, 0) is 37.3 Å². The Kier molecular flexibility index (Phi) is 3.18. The van der Waals surface area contributed by atoms with E-state index < -0.39 is 0 Å². The molecule has 90 valence electrons. The maximum atomic E-state index is 4.67. The van der Waals surface area contributed by atoms with Gasteiger partial charge in [0.2, 0.25) is 0 Å². The normalized spacial score (nSPS) is 18.4. The Morgan fingerprint density at radius 1 is 0.833 bits per heavy atom. The molecule has 0 N–H and O–H groups in total. The second-order valence-corrected chi connectivity index (χ2v) is 4.54. The Morgan fingerprint density at radius 3 is 2.22 bits per heavy atom. The van der Waals surface area contributed by atoms with Gasteiger partial charge in [-0.25, -0.2) is 9.97 Å². The SMILES string of the molecule is C1=CC(c2ccnc(C3=CCCC=C3)n2)=CCC1. The summed E-state index contributed by atoms with van der Waals surface area (Å²) in [5.41, 5.74) is 3.38. The standard InChI is InChI=1S/C16H16N2/c1-3-7-13(8-4-1)15-11-12-17-16(18-15)14-9-5-2-6-10-14/h3,5,7-12H,1-2,4,6H2. The van der Waals surface area contributed by atoms with Gasteiger partial charge in [0.15, 0.2) is 5.82 Å². The third-order valence-corrected chi connectivity index (χ3v) is 3.20. The van der Waals surface area contributed by atoms with Gasteiger partial charge in [0.05, 0.1) is 5.69 Å². The summed E-state index contributed by atoms with van der Waals surface area (Å²) in [5, 5.41) is 0. The molecular weight excluding hydrogens is 220 g/mol. The van der Waals surface area contributed by atoms with Crippen molar-refractivity contribution in [3.63, 3.8) is 0 Å². The zero-order valence-corrected chi connectivity index (χ0v) is 10.3. The van der Waals surface area contributed by atoms with E-state index in [1.54, 1.807) is 0 Å². The molecule has 18 heavy (non-hydrogen) atoms. The Labute approximate surface area is 107 Å². The van der Waals surface area contributed by atoms with Crippen molar-refractivity contribution in [3.8, 4) is 0 Å². The van der Waals surface area contributed by atoms with Crippen molar-refractivity contribution in [3.05, 3.63) is 60.2 Å². The van der Waals surface area contributed by atoms with E-state index in [0.29, 0.717) is 0 Å². The fourth-order valence-electron chi connectivity index (χ4n) is 2.24. The van der Waals surface area contributed by atoms with E-state index in [-0.39, 0.29) is 0 Å². The van der Waals surface area contributed by atoms with Gasteiger partial charge < -0.3 is 0 Å². The van der Waals surface area contributed by atoms with E-state index in [9.17, 15) is 0 Å². The van der Waals surface area contributed by atoms with Crippen molar-refractivity contribution < 1.29 is 0 Å². The van der Waals surface area contributed by atoms with Gasteiger partial charge in [0.25, 0.3) is 0 Å². The average molecular weight is 236 g/mol. The number of aromatic nitrogens is 2. The average Bonchev–Trinajstić information content (AvgIpc) is 2.49. The Hall–Kier alpha value is -1.96. The van der Waals surface area contributed by atoms with E-state index in [0.717, 1.165) is 42.8 Å². The predicted molar refractivity (Wildman–Crippen MR) is 74.7 cm³/mol. The molecule has 1 aromatic heterocycles. The molecule has 3 rings (SSSR count). The first kappa shape index (κ1) is 11.1. The molecule has 2 aliphatic rings. The molecular formula is C16H16N2. The van der Waals surface area contributed by atoms with Crippen LogP contribution in [0.25, 0.3) is 11.1 Å². The first-order valence-electron chi connectivity index (χ1n) is 6.51. The molecule has 0 saturated heterocycles. The fourth-order valence-corrected chi connectivity index (χ4v) is 2.24. The predicted octanol–water partition coefficient (Wildman–Crippen LogP) is 3.94. The molecule has 2 heteroatoms. The van der Waals surface area contributed by atoms with Crippen molar-refractivity contribution in [2.75, 3.05) is 0 Å². The first-order valence-corrected chi connectivity index (χ1v) is 6.51. The van der Waals surface area contributed by atoms with Crippen LogP contribution in [0.1, 0.15) is 37.2 Å². The number of allylic oxidation sites excluding steroid dienone is 8. The monoisotopic (exact) mass is 236 g/mol. The van der Waals surface area contributed by atoms with Gasteiger partial charge in [0, 0.05) is 11.8 Å². The van der Waals surface area contributed by atoms with E-state index in [1.807, 2.05) is 12.3 Å². The summed E-state index contributed by atoms with van der Waals surface area (Å²) in [6.45, 7) is 0. The largest absolute Gasteiger partial charge is 0.237 e. The zero-order valence-electron chi connectivity index (χ0n) is 10.3. The van der Waals surface area contributed by atoms with Crippen molar-refractivity contribution in [1.82, 2.24) is 9.97 Å². The number of hydrogen-bond donors (Lipinski definition) is 0. The summed E-state index contributed by atoms with van der Waals surface area (Å²) in [7, 11) is 0. The van der Waals surface area contributed by atoms with Crippen molar-refractivity contribution >= 4 is 11.1 Å². The Balaban J connectivity index is 1.94. The van der Waals surface area contributed by atoms with Crippen LogP contribution in [0.2, 0.25) is 0 Å². The van der Waals surface area contributed by atoms with E-state index in [4.69, 9.17) is 0 Å². The lowest BCUT2D eigenvalue weighted by Gasteiger charge is -2.09. The highest BCUT2D eigenvalue weighted by atomic mass is 14.9. The van der Waals surface area contributed by atoms with Crippen LogP contribution in [0.15, 0.2) is 48.7 Å². The van der Waals surface area contributed by atoms with Crippen LogP contribution < -0.4 is 0 Å². The van der Waals surface area contributed by atoms with Gasteiger partial charge in [-0.1, -0.05) is 36.5 Å². The van der Waals surface area contributed by atoms with Crippen molar-refractivity contribution in [2.45, 2.75) is 25.7 Å². The molecule has 0 fully saturated rings. The van der Waals surface area contributed by atoms with Gasteiger partial charge in [0.1, 0.15) is 0 Å². The molecule has 1 heterocycles. The second-order valence-electron chi connectivity index (χ2n) is 4.54. The van der Waals surface area contributed by atoms with E-state index in [1.165, 1.54) is 5.57 Å². The zero-order chi connectivity index (χ0) is 12.2. The molecule has 0 atom stereocenters. The minimum Gasteiger partial charge on any atom is -0.237 e. The highest BCUT2D eigenvalue weighted by Crippen LogP contribution is 2.22. The Morgan fingerprint density at radius 2 is 1.56 bits per heavy atom. The summed E-state index contributed by atoms with van der Waals surface area (Å²) in [4.78, 5) is 9.05. The van der Waals surface area contributed by atoms with Crippen LogP contribution in [0.5, 0.6) is 0 Å². The molecule has 2 nitrogen and oxygen atoms in total. The Bertz CT molecular complexity index is 515. The number of nitrogens with zero attached hydrogens (tertiary/aromatic N) is 2. The fraction of sp³-hybridized carbons (Fsp3) is 0.250. The smallest absolute Gasteiger partial charge is 0.159 e. The first-order chi connectivity index (χ1) is 8.93. The summed E-state index contributed by atoms with van der Waals surface area (Å²) in [5.74, 6) is 0.836. The topological polar surface area (TPSA) is 25.8 Å². The number of rotatable bonds is 2. The molecule has 0 saturated carbocycles. The van der Waals surface area contributed by atoms with Crippen molar-refractivity contribution in [1.29, 1.82) is 0 Å². The van der Waals surface area contributed by atoms with Gasteiger partial charge >= 0.3 is 0 Å². The van der Waals surface area contributed by atoms with Crippen LogP contribution >= 0.6 is 0 Å². The van der Waals surface area contributed by atoms with Crippen LogP contribution in [0, 0.1) is 0 Å². The van der Waals surface area contributed by atoms with Crippen molar-refractivity contribution in [2.24, 2.45) is 0 Å². The summed E-state index contributed by atoms with van der Waals surface area (Å²) >= 11 is 0. The van der Waals surface area contributed by atoms with Gasteiger partial charge in [-0.2, -0.15) is 0 Å². The molecule has 0 amide bonds. The quantitative estimate of drug-likeness (QED) is 0.777. The molecule has 0 unspecified atom stereocenters. The highest BCUT2D eigenvalue weighted by Gasteiger charge is 2.08. The minimum absolute atomic E-state index is 0.836. The lowest BCUT2D eigenvalue weighted by atomic mass is 10.0. The molecule has 1 aromatic rings. The molecule has 0 spiro atoms. The van der Waals surface area contributed by atoms with Crippen LogP contribution in [0.3, 0.4) is 0 Å². The molecule has 2 aliphatic carbocycles. The van der Waals surface area contributed by atoms with Crippen LogP contribution in [-0.2, 0) is 0 Å². The lowest BCUT2D eigenvalue weighted by Crippen LogP contribution is -1.98. The third kappa shape index (κ3) is 2.33. The van der Waals surface area contributed by atoms with Crippen LogP contribution in [0.4, 0.5) is 0 Å². The molecule has 0 aliphatic heterocycles. The summed E-state index contributed by atoms with van der Waals surface area (Å²) < 4.78 is 0. The number of hydrogen-bond acceptors (Lipinski definition) is 2. The highest BCUT2D eigenvalue weighted by molar-refractivity contribution is 5.75. The minimum atomic E-state index is 0.836. The maximum Gasteiger partial charge on any atom is 0.159 e. The summed E-state index contributed by atoms with van der Waals surface area (Å²) in [6, 6.07) is 1.98. The van der Waals surface area contributed by atoms with Gasteiger partial charge in [-0.3, -0.25) is 0 Å². The van der Waals surface area contributed by atoms with E-state index in [2.05, 4.69) is 46.4 Å². The van der Waals surface area contributed by atoms with Crippen LogP contribution in [-0.4, -0.2) is 9.97 Å². The van der Waals surface area contributed by atoms with Gasteiger partial charge in [-0.15, -0.1) is 0 Å². The third-order valence-electron chi connectivity index (χ3n) is 3.20. The van der Waals surface area contributed by atoms with E-state index >= 15 is 0 Å².